The lowest BCUT2D eigenvalue weighted by molar-refractivity contribution is 0.669. The summed E-state index contributed by atoms with van der Waals surface area (Å²) < 4.78 is 11.1. The summed E-state index contributed by atoms with van der Waals surface area (Å²) in [6, 6.07) is 61.4. The van der Waals surface area contributed by atoms with E-state index >= 15 is 0 Å². The molecule has 8 aromatic carbocycles. The first-order valence-corrected chi connectivity index (χ1v) is 16.8. The maximum atomic E-state index is 6.36. The van der Waals surface area contributed by atoms with Gasteiger partial charge in [-0.1, -0.05) is 97.1 Å². The molecule has 0 aliphatic heterocycles. The molecule has 0 spiro atoms. The zero-order valence-electron chi connectivity index (χ0n) is 26.5. The maximum Gasteiger partial charge on any atom is 0.137 e. The molecule has 3 heterocycles. The van der Waals surface area contributed by atoms with Gasteiger partial charge in [-0.15, -0.1) is 0 Å². The molecular formula is C46H28N2O. The van der Waals surface area contributed by atoms with Crippen LogP contribution in [0.2, 0.25) is 0 Å². The molecule has 0 fully saturated rings. The van der Waals surface area contributed by atoms with Crippen LogP contribution < -0.4 is 0 Å². The molecule has 0 amide bonds. The van der Waals surface area contributed by atoms with Crippen LogP contribution in [0.4, 0.5) is 0 Å². The summed E-state index contributed by atoms with van der Waals surface area (Å²) >= 11 is 0. The Morgan fingerprint density at radius 2 is 0.918 bits per heavy atom. The van der Waals surface area contributed by atoms with Crippen LogP contribution in [-0.4, -0.2) is 9.13 Å². The van der Waals surface area contributed by atoms with Gasteiger partial charge in [-0.25, -0.2) is 0 Å². The monoisotopic (exact) mass is 624 g/mol. The lowest BCUT2D eigenvalue weighted by Gasteiger charge is -2.10. The van der Waals surface area contributed by atoms with E-state index in [9.17, 15) is 0 Å². The van der Waals surface area contributed by atoms with Gasteiger partial charge in [-0.05, 0) is 88.6 Å². The van der Waals surface area contributed by atoms with Crippen molar-refractivity contribution < 1.29 is 4.42 Å². The van der Waals surface area contributed by atoms with Crippen molar-refractivity contribution in [3.05, 3.63) is 170 Å². The molecule has 0 aliphatic carbocycles. The van der Waals surface area contributed by atoms with E-state index in [-0.39, 0.29) is 0 Å². The van der Waals surface area contributed by atoms with E-state index in [1.165, 1.54) is 65.7 Å². The van der Waals surface area contributed by atoms with Crippen LogP contribution in [0, 0.1) is 0 Å². The Balaban J connectivity index is 1.15. The summed E-state index contributed by atoms with van der Waals surface area (Å²) in [6.45, 7) is 0. The van der Waals surface area contributed by atoms with E-state index in [2.05, 4.69) is 173 Å². The Morgan fingerprint density at radius 1 is 0.306 bits per heavy atom. The predicted molar refractivity (Wildman–Crippen MR) is 205 cm³/mol. The number of aromatic nitrogens is 2. The highest BCUT2D eigenvalue weighted by atomic mass is 16.3. The van der Waals surface area contributed by atoms with Gasteiger partial charge in [0.25, 0.3) is 0 Å². The predicted octanol–water partition coefficient (Wildman–Crippen LogP) is 12.6. The molecule has 0 unspecified atom stereocenters. The summed E-state index contributed by atoms with van der Waals surface area (Å²) in [5.74, 6) is 0. The third-order valence-electron chi connectivity index (χ3n) is 10.3. The molecule has 228 valence electrons. The summed E-state index contributed by atoms with van der Waals surface area (Å²) in [7, 11) is 0. The van der Waals surface area contributed by atoms with Crippen LogP contribution in [-0.2, 0) is 0 Å². The fourth-order valence-electron chi connectivity index (χ4n) is 8.02. The summed E-state index contributed by atoms with van der Waals surface area (Å²) in [5.41, 5.74) is 11.3. The molecule has 11 aromatic rings. The van der Waals surface area contributed by atoms with E-state index in [4.69, 9.17) is 4.42 Å². The van der Waals surface area contributed by atoms with Crippen LogP contribution in [0.25, 0.3) is 98.8 Å². The van der Waals surface area contributed by atoms with E-state index in [0.717, 1.165) is 33.1 Å². The van der Waals surface area contributed by atoms with Gasteiger partial charge in [0.1, 0.15) is 11.2 Å². The van der Waals surface area contributed by atoms with Crippen LogP contribution in [0.15, 0.2) is 174 Å². The number of benzene rings is 8. The SMILES string of the molecule is c1ccc(-n2c3ccc(-c4ccc5c(c4)c4ccccc4n5-c4ccc5ccccc5c4)cc3c3cc4c(cc32)oc2ccccc24)cc1. The zero-order valence-corrected chi connectivity index (χ0v) is 26.5. The minimum Gasteiger partial charge on any atom is -0.456 e. The highest BCUT2D eigenvalue weighted by molar-refractivity contribution is 6.18. The van der Waals surface area contributed by atoms with E-state index < -0.39 is 0 Å². The van der Waals surface area contributed by atoms with Gasteiger partial charge < -0.3 is 13.6 Å². The van der Waals surface area contributed by atoms with Crippen LogP contribution in [0.1, 0.15) is 0 Å². The first-order chi connectivity index (χ1) is 24.3. The third kappa shape index (κ3) is 3.84. The minimum absolute atomic E-state index is 0.905. The molecule has 0 N–H and O–H groups in total. The number of para-hydroxylation sites is 3. The third-order valence-corrected chi connectivity index (χ3v) is 10.3. The number of furan rings is 1. The second-order valence-electron chi connectivity index (χ2n) is 13.0. The Kier molecular flexibility index (Phi) is 5.38. The fourth-order valence-corrected chi connectivity index (χ4v) is 8.02. The van der Waals surface area contributed by atoms with Crippen molar-refractivity contribution in [1.82, 2.24) is 9.13 Å². The van der Waals surface area contributed by atoms with Crippen molar-refractivity contribution in [2.24, 2.45) is 0 Å². The Bertz CT molecular complexity index is 3100. The van der Waals surface area contributed by atoms with Crippen molar-refractivity contribution >= 4 is 76.3 Å². The Labute approximate surface area is 281 Å². The molecule has 0 aliphatic rings. The van der Waals surface area contributed by atoms with Crippen molar-refractivity contribution in [3.63, 3.8) is 0 Å². The Hall–Kier alpha value is -6.58. The molecule has 3 aromatic heterocycles. The lowest BCUT2D eigenvalue weighted by Crippen LogP contribution is -1.94. The van der Waals surface area contributed by atoms with Gasteiger partial charge in [0.05, 0.1) is 22.1 Å². The number of rotatable bonds is 3. The average molecular weight is 625 g/mol. The molecule has 11 rings (SSSR count). The van der Waals surface area contributed by atoms with Crippen LogP contribution in [0.5, 0.6) is 0 Å². The quantitative estimate of drug-likeness (QED) is 0.192. The number of hydrogen-bond donors (Lipinski definition) is 0. The molecule has 49 heavy (non-hydrogen) atoms. The summed E-state index contributed by atoms with van der Waals surface area (Å²) in [5, 5.41) is 9.72. The minimum atomic E-state index is 0.905. The van der Waals surface area contributed by atoms with Crippen molar-refractivity contribution in [3.8, 4) is 22.5 Å². The zero-order chi connectivity index (χ0) is 32.1. The first-order valence-electron chi connectivity index (χ1n) is 16.8. The topological polar surface area (TPSA) is 23.0 Å². The number of nitrogens with zero attached hydrogens (tertiary/aromatic N) is 2. The highest BCUT2D eigenvalue weighted by Gasteiger charge is 2.18. The number of fused-ring (bicyclic) bond motifs is 10. The van der Waals surface area contributed by atoms with Gasteiger partial charge in [0.2, 0.25) is 0 Å². The molecule has 0 atom stereocenters. The lowest BCUT2D eigenvalue weighted by atomic mass is 10.00. The van der Waals surface area contributed by atoms with Crippen molar-refractivity contribution in [2.75, 3.05) is 0 Å². The molecular weight excluding hydrogens is 597 g/mol. The fraction of sp³-hybridized carbons (Fsp3) is 0. The maximum absolute atomic E-state index is 6.36. The van der Waals surface area contributed by atoms with Crippen LogP contribution >= 0.6 is 0 Å². The van der Waals surface area contributed by atoms with Crippen molar-refractivity contribution in [1.29, 1.82) is 0 Å². The number of hydrogen-bond acceptors (Lipinski definition) is 1. The van der Waals surface area contributed by atoms with Crippen molar-refractivity contribution in [2.45, 2.75) is 0 Å². The first kappa shape index (κ1) is 26.5. The van der Waals surface area contributed by atoms with Gasteiger partial charge in [0, 0.05) is 49.8 Å². The molecule has 0 saturated heterocycles. The van der Waals surface area contributed by atoms with Gasteiger partial charge in [-0.2, -0.15) is 0 Å². The van der Waals surface area contributed by atoms with Gasteiger partial charge in [0.15, 0.2) is 0 Å². The second kappa shape index (κ2) is 9.96. The second-order valence-corrected chi connectivity index (χ2v) is 13.0. The van der Waals surface area contributed by atoms with E-state index in [1.54, 1.807) is 0 Å². The molecule has 3 nitrogen and oxygen atoms in total. The van der Waals surface area contributed by atoms with Gasteiger partial charge in [-0.3, -0.25) is 0 Å². The average Bonchev–Trinajstić information content (AvgIpc) is 3.80. The molecule has 0 radical (unpaired) electrons. The Morgan fingerprint density at radius 3 is 1.73 bits per heavy atom. The summed E-state index contributed by atoms with van der Waals surface area (Å²) in [4.78, 5) is 0. The normalized spacial score (nSPS) is 12.1. The molecule has 0 saturated carbocycles. The molecule has 0 bridgehead atoms. The summed E-state index contributed by atoms with van der Waals surface area (Å²) in [6.07, 6.45) is 0. The highest BCUT2D eigenvalue weighted by Crippen LogP contribution is 2.41. The van der Waals surface area contributed by atoms with Crippen LogP contribution in [0.3, 0.4) is 0 Å². The smallest absolute Gasteiger partial charge is 0.137 e. The standard InChI is InChI=1S/C46H28N2O/c1-2-12-33(13-3-1)47-43-23-20-32(26-38(43)39-27-40-36-15-7-9-17-45(36)49-46(40)28-44(39)47)31-19-22-42-37(25-31)35-14-6-8-16-41(35)48(42)34-21-18-29-10-4-5-11-30(29)24-34/h1-28H. The largest absolute Gasteiger partial charge is 0.456 e. The molecule has 3 heteroatoms. The van der Waals surface area contributed by atoms with E-state index in [0.29, 0.717) is 0 Å². The van der Waals surface area contributed by atoms with E-state index in [1.807, 2.05) is 6.07 Å². The van der Waals surface area contributed by atoms with Gasteiger partial charge >= 0.3 is 0 Å².